The number of rotatable bonds is 5. The van der Waals surface area contributed by atoms with Crippen molar-refractivity contribution < 1.29 is 18.4 Å². The third-order valence-corrected chi connectivity index (χ3v) is 4.47. The summed E-state index contributed by atoms with van der Waals surface area (Å²) < 4.78 is 24.9. The molecule has 4 rings (SSSR count). The number of para-hydroxylation sites is 1. The van der Waals surface area contributed by atoms with Crippen LogP contribution in [0.1, 0.15) is 12.8 Å². The Morgan fingerprint density at radius 3 is 2.56 bits per heavy atom. The molecule has 3 aromatic rings. The van der Waals surface area contributed by atoms with Crippen LogP contribution in [0, 0.1) is 5.82 Å². The molecule has 1 amide bonds. The molecule has 0 saturated carbocycles. The zero-order valence-corrected chi connectivity index (χ0v) is 14.6. The van der Waals surface area contributed by atoms with Gasteiger partial charge in [-0.3, -0.25) is 4.79 Å². The Labute approximate surface area is 155 Å². The van der Waals surface area contributed by atoms with Crippen molar-refractivity contribution in [1.29, 1.82) is 0 Å². The van der Waals surface area contributed by atoms with Gasteiger partial charge in [-0.2, -0.15) is 4.98 Å². The second kappa shape index (κ2) is 7.57. The van der Waals surface area contributed by atoms with Gasteiger partial charge in [0.25, 0.3) is 11.8 Å². The molecule has 138 valence electrons. The summed E-state index contributed by atoms with van der Waals surface area (Å²) in [5.41, 5.74) is 0.817. The van der Waals surface area contributed by atoms with Crippen LogP contribution >= 0.6 is 0 Å². The van der Waals surface area contributed by atoms with Crippen LogP contribution in [-0.2, 0) is 4.79 Å². The van der Waals surface area contributed by atoms with Gasteiger partial charge in [-0.15, -0.1) is 0 Å². The SMILES string of the molecule is O=C(COc1ccccc1-c1noc(-c2ccccc2F)n1)N1CCCC1. The lowest BCUT2D eigenvalue weighted by molar-refractivity contribution is -0.132. The van der Waals surface area contributed by atoms with Crippen LogP contribution in [0.5, 0.6) is 5.75 Å². The lowest BCUT2D eigenvalue weighted by atomic mass is 10.2. The van der Waals surface area contributed by atoms with E-state index in [9.17, 15) is 9.18 Å². The van der Waals surface area contributed by atoms with Gasteiger partial charge >= 0.3 is 0 Å². The maximum Gasteiger partial charge on any atom is 0.261 e. The molecular weight excluding hydrogens is 349 g/mol. The number of hydrogen-bond donors (Lipinski definition) is 0. The number of likely N-dealkylation sites (tertiary alicyclic amines) is 1. The summed E-state index contributed by atoms with van der Waals surface area (Å²) >= 11 is 0. The monoisotopic (exact) mass is 367 g/mol. The minimum absolute atomic E-state index is 0.0394. The minimum atomic E-state index is -0.437. The third-order valence-electron chi connectivity index (χ3n) is 4.47. The number of halogens is 1. The third kappa shape index (κ3) is 3.67. The lowest BCUT2D eigenvalue weighted by Crippen LogP contribution is -2.32. The molecule has 27 heavy (non-hydrogen) atoms. The summed E-state index contributed by atoms with van der Waals surface area (Å²) in [6, 6.07) is 13.3. The van der Waals surface area contributed by atoms with Crippen molar-refractivity contribution >= 4 is 5.91 Å². The predicted molar refractivity (Wildman–Crippen MR) is 96.4 cm³/mol. The topological polar surface area (TPSA) is 68.5 Å². The fourth-order valence-corrected chi connectivity index (χ4v) is 3.05. The maximum absolute atomic E-state index is 13.9. The van der Waals surface area contributed by atoms with E-state index in [0.717, 1.165) is 25.9 Å². The molecule has 0 unspecified atom stereocenters. The van der Waals surface area contributed by atoms with Gasteiger partial charge < -0.3 is 14.2 Å². The normalized spacial score (nSPS) is 13.7. The van der Waals surface area contributed by atoms with Crippen molar-refractivity contribution in [2.24, 2.45) is 0 Å². The molecule has 6 nitrogen and oxygen atoms in total. The van der Waals surface area contributed by atoms with Gasteiger partial charge in [-0.25, -0.2) is 4.39 Å². The first-order valence-electron chi connectivity index (χ1n) is 8.81. The standard InChI is InChI=1S/C20H18FN3O3/c21-16-9-3-1-7-14(16)20-22-19(23-27-20)15-8-2-4-10-17(15)26-13-18(25)24-11-5-6-12-24/h1-4,7-10H,5-6,11-13H2. The number of benzene rings is 2. The Bertz CT molecular complexity index is 951. The molecule has 2 aromatic carbocycles. The summed E-state index contributed by atoms with van der Waals surface area (Å²) in [5.74, 6) is 0.366. The summed E-state index contributed by atoms with van der Waals surface area (Å²) in [6.07, 6.45) is 2.06. The van der Waals surface area contributed by atoms with E-state index < -0.39 is 5.82 Å². The first kappa shape index (κ1) is 17.2. The van der Waals surface area contributed by atoms with Crippen LogP contribution in [0.25, 0.3) is 22.8 Å². The second-order valence-electron chi connectivity index (χ2n) is 6.28. The van der Waals surface area contributed by atoms with Gasteiger partial charge in [-0.05, 0) is 37.1 Å². The molecule has 1 saturated heterocycles. The maximum atomic E-state index is 13.9. The molecule has 0 aliphatic carbocycles. The van der Waals surface area contributed by atoms with Crippen molar-refractivity contribution in [3.8, 4) is 28.6 Å². The Balaban J connectivity index is 1.54. The number of carbonyl (C=O) groups excluding carboxylic acids is 1. The highest BCUT2D eigenvalue weighted by molar-refractivity contribution is 5.78. The second-order valence-corrected chi connectivity index (χ2v) is 6.28. The van der Waals surface area contributed by atoms with E-state index in [-0.39, 0.29) is 29.8 Å². The largest absolute Gasteiger partial charge is 0.483 e. The van der Waals surface area contributed by atoms with E-state index >= 15 is 0 Å². The quantitative estimate of drug-likeness (QED) is 0.690. The van der Waals surface area contributed by atoms with Gasteiger partial charge in [-0.1, -0.05) is 29.4 Å². The van der Waals surface area contributed by atoms with E-state index in [4.69, 9.17) is 9.26 Å². The molecular formula is C20H18FN3O3. The van der Waals surface area contributed by atoms with Crippen LogP contribution in [0.2, 0.25) is 0 Å². The number of amides is 1. The van der Waals surface area contributed by atoms with Gasteiger partial charge in [0, 0.05) is 13.1 Å². The van der Waals surface area contributed by atoms with E-state index in [1.165, 1.54) is 6.07 Å². The highest BCUT2D eigenvalue weighted by atomic mass is 19.1. The fraction of sp³-hybridized carbons (Fsp3) is 0.250. The molecule has 0 bridgehead atoms. The predicted octanol–water partition coefficient (Wildman–Crippen LogP) is 3.54. The molecule has 0 atom stereocenters. The lowest BCUT2D eigenvalue weighted by Gasteiger charge is -2.16. The Morgan fingerprint density at radius 1 is 1.07 bits per heavy atom. The van der Waals surface area contributed by atoms with Crippen LogP contribution < -0.4 is 4.74 Å². The van der Waals surface area contributed by atoms with Gasteiger partial charge in [0.05, 0.1) is 11.1 Å². The fourth-order valence-electron chi connectivity index (χ4n) is 3.05. The van der Waals surface area contributed by atoms with Crippen molar-refractivity contribution in [3.63, 3.8) is 0 Å². The zero-order valence-electron chi connectivity index (χ0n) is 14.6. The average molecular weight is 367 g/mol. The first-order valence-corrected chi connectivity index (χ1v) is 8.81. The van der Waals surface area contributed by atoms with Crippen molar-refractivity contribution in [3.05, 3.63) is 54.3 Å². The van der Waals surface area contributed by atoms with E-state index in [0.29, 0.717) is 11.3 Å². The summed E-state index contributed by atoms with van der Waals surface area (Å²) in [7, 11) is 0. The number of ether oxygens (including phenoxy) is 1. The highest BCUT2D eigenvalue weighted by Crippen LogP contribution is 2.30. The molecule has 1 aliphatic rings. The van der Waals surface area contributed by atoms with Gasteiger partial charge in [0.1, 0.15) is 11.6 Å². The number of carbonyl (C=O) groups is 1. The number of hydrogen-bond acceptors (Lipinski definition) is 5. The molecule has 0 radical (unpaired) electrons. The molecule has 0 N–H and O–H groups in total. The summed E-state index contributed by atoms with van der Waals surface area (Å²) in [6.45, 7) is 1.51. The van der Waals surface area contributed by atoms with E-state index in [1.807, 2.05) is 6.07 Å². The van der Waals surface area contributed by atoms with E-state index in [2.05, 4.69) is 10.1 Å². The van der Waals surface area contributed by atoms with Crippen LogP contribution in [0.4, 0.5) is 4.39 Å². The summed E-state index contributed by atoms with van der Waals surface area (Å²) in [4.78, 5) is 18.3. The molecule has 2 heterocycles. The first-order chi connectivity index (χ1) is 13.2. The molecule has 1 aliphatic heterocycles. The Kier molecular flexibility index (Phi) is 4.82. The van der Waals surface area contributed by atoms with Crippen molar-refractivity contribution in [2.75, 3.05) is 19.7 Å². The minimum Gasteiger partial charge on any atom is -0.483 e. The van der Waals surface area contributed by atoms with E-state index in [1.54, 1.807) is 41.3 Å². The Morgan fingerprint density at radius 2 is 1.78 bits per heavy atom. The molecule has 0 spiro atoms. The van der Waals surface area contributed by atoms with Gasteiger partial charge in [0.2, 0.25) is 5.82 Å². The zero-order chi connectivity index (χ0) is 18.6. The number of nitrogens with zero attached hydrogens (tertiary/aromatic N) is 3. The Hall–Kier alpha value is -3.22. The summed E-state index contributed by atoms with van der Waals surface area (Å²) in [5, 5.41) is 3.94. The van der Waals surface area contributed by atoms with Crippen LogP contribution in [-0.4, -0.2) is 40.6 Å². The van der Waals surface area contributed by atoms with Crippen LogP contribution in [0.15, 0.2) is 53.1 Å². The number of aromatic nitrogens is 2. The van der Waals surface area contributed by atoms with Crippen LogP contribution in [0.3, 0.4) is 0 Å². The molecule has 1 aromatic heterocycles. The van der Waals surface area contributed by atoms with Gasteiger partial charge in [0.15, 0.2) is 6.61 Å². The van der Waals surface area contributed by atoms with Crippen molar-refractivity contribution in [1.82, 2.24) is 15.0 Å². The average Bonchev–Trinajstić information content (AvgIpc) is 3.39. The smallest absolute Gasteiger partial charge is 0.261 e. The highest BCUT2D eigenvalue weighted by Gasteiger charge is 2.20. The molecule has 1 fully saturated rings. The molecule has 7 heteroatoms. The van der Waals surface area contributed by atoms with Crippen molar-refractivity contribution in [2.45, 2.75) is 12.8 Å².